The second-order valence-corrected chi connectivity index (χ2v) is 7.74. The van der Waals surface area contributed by atoms with Crippen LogP contribution in [0, 0.1) is 0 Å². The molecule has 0 amide bonds. The molecule has 0 bridgehead atoms. The summed E-state index contributed by atoms with van der Waals surface area (Å²) in [5.41, 5.74) is 2.08. The van der Waals surface area contributed by atoms with Gasteiger partial charge in [0.25, 0.3) is 5.56 Å². The molecule has 3 nitrogen and oxygen atoms in total. The predicted molar refractivity (Wildman–Crippen MR) is 96.2 cm³/mol. The van der Waals surface area contributed by atoms with Crippen LogP contribution in [0.15, 0.2) is 23.0 Å². The van der Waals surface area contributed by atoms with Crippen LogP contribution < -0.4 is 5.56 Å². The zero-order valence-electron chi connectivity index (χ0n) is 12.3. The van der Waals surface area contributed by atoms with Gasteiger partial charge in [0.2, 0.25) is 0 Å². The molecule has 0 fully saturated rings. The monoisotopic (exact) mass is 364 g/mol. The van der Waals surface area contributed by atoms with E-state index < -0.39 is 0 Å². The summed E-state index contributed by atoms with van der Waals surface area (Å²) in [7, 11) is 0. The Balaban J connectivity index is 1.78. The van der Waals surface area contributed by atoms with E-state index in [9.17, 15) is 4.79 Å². The van der Waals surface area contributed by atoms with Gasteiger partial charge in [-0.2, -0.15) is 0 Å². The molecule has 4 rings (SSSR count). The van der Waals surface area contributed by atoms with Gasteiger partial charge in [0.1, 0.15) is 10.7 Å². The van der Waals surface area contributed by atoms with Gasteiger partial charge in [-0.1, -0.05) is 29.3 Å². The molecule has 0 atom stereocenters. The highest BCUT2D eigenvalue weighted by Crippen LogP contribution is 2.33. The van der Waals surface area contributed by atoms with Crippen LogP contribution in [0.25, 0.3) is 10.2 Å². The number of halogens is 2. The molecular weight excluding hydrogens is 351 g/mol. The summed E-state index contributed by atoms with van der Waals surface area (Å²) in [5.74, 6) is 0.644. The molecule has 118 valence electrons. The first-order chi connectivity index (χ1) is 11.1. The summed E-state index contributed by atoms with van der Waals surface area (Å²) in [6, 6.07) is 5.37. The minimum absolute atomic E-state index is 0.0329. The maximum Gasteiger partial charge on any atom is 0.259 e. The van der Waals surface area contributed by atoms with Gasteiger partial charge in [-0.3, -0.25) is 4.79 Å². The van der Waals surface area contributed by atoms with Crippen molar-refractivity contribution in [2.75, 3.05) is 0 Å². The fraction of sp³-hybridized carbons (Fsp3) is 0.294. The van der Waals surface area contributed by atoms with Crippen molar-refractivity contribution in [3.05, 3.63) is 60.4 Å². The van der Waals surface area contributed by atoms with Crippen molar-refractivity contribution in [2.24, 2.45) is 0 Å². The molecule has 6 heteroatoms. The Bertz CT molecular complexity index is 961. The van der Waals surface area contributed by atoms with Crippen LogP contribution in [0.5, 0.6) is 0 Å². The van der Waals surface area contributed by atoms with Gasteiger partial charge in [-0.05, 0) is 48.9 Å². The number of hydrogen-bond donors (Lipinski definition) is 1. The van der Waals surface area contributed by atoms with Crippen LogP contribution in [0.1, 0.15) is 34.7 Å². The van der Waals surface area contributed by atoms with E-state index in [1.165, 1.54) is 16.9 Å². The Morgan fingerprint density at radius 1 is 1.22 bits per heavy atom. The maximum absolute atomic E-state index is 12.5. The molecule has 0 saturated carbocycles. The van der Waals surface area contributed by atoms with Gasteiger partial charge in [-0.15, -0.1) is 11.3 Å². The van der Waals surface area contributed by atoms with Crippen molar-refractivity contribution < 1.29 is 0 Å². The smallest absolute Gasteiger partial charge is 0.259 e. The number of nitrogens with one attached hydrogen (secondary N) is 1. The number of aromatic nitrogens is 2. The molecule has 1 aliphatic carbocycles. The first-order valence-electron chi connectivity index (χ1n) is 7.59. The molecule has 23 heavy (non-hydrogen) atoms. The normalized spacial score (nSPS) is 14.2. The van der Waals surface area contributed by atoms with Gasteiger partial charge in [-0.25, -0.2) is 4.98 Å². The van der Waals surface area contributed by atoms with Crippen molar-refractivity contribution in [1.29, 1.82) is 0 Å². The Morgan fingerprint density at radius 2 is 2.04 bits per heavy atom. The summed E-state index contributed by atoms with van der Waals surface area (Å²) in [6.07, 6.45) is 4.89. The standard InChI is InChI=1S/C17H14Cl2N2OS/c18-10-6-5-9(12(19)8-10)7-14-20-16(22)15-11-3-1-2-4-13(11)23-17(15)21-14/h5-6,8H,1-4,7H2,(H,20,21,22). The lowest BCUT2D eigenvalue weighted by Gasteiger charge is -2.09. The number of benzene rings is 1. The third-order valence-electron chi connectivity index (χ3n) is 4.25. The van der Waals surface area contributed by atoms with E-state index in [2.05, 4.69) is 9.97 Å². The fourth-order valence-corrected chi connectivity index (χ4v) is 4.89. The van der Waals surface area contributed by atoms with Crippen LogP contribution >= 0.6 is 34.5 Å². The van der Waals surface area contributed by atoms with Crippen molar-refractivity contribution >= 4 is 44.8 Å². The van der Waals surface area contributed by atoms with Gasteiger partial charge in [0, 0.05) is 21.3 Å². The van der Waals surface area contributed by atoms with Crippen molar-refractivity contribution in [2.45, 2.75) is 32.1 Å². The van der Waals surface area contributed by atoms with Crippen LogP contribution in [0.3, 0.4) is 0 Å². The molecule has 1 N–H and O–H groups in total. The minimum Gasteiger partial charge on any atom is -0.310 e. The summed E-state index contributed by atoms with van der Waals surface area (Å²) < 4.78 is 0. The van der Waals surface area contributed by atoms with Gasteiger partial charge < -0.3 is 4.98 Å². The van der Waals surface area contributed by atoms with Crippen LogP contribution in [-0.4, -0.2) is 9.97 Å². The van der Waals surface area contributed by atoms with Crippen LogP contribution in [-0.2, 0) is 19.3 Å². The quantitative estimate of drug-likeness (QED) is 0.712. The van der Waals surface area contributed by atoms with Crippen molar-refractivity contribution in [1.82, 2.24) is 9.97 Å². The minimum atomic E-state index is -0.0329. The molecule has 0 spiro atoms. The molecule has 3 aromatic rings. The first-order valence-corrected chi connectivity index (χ1v) is 9.16. The number of fused-ring (bicyclic) bond motifs is 3. The molecule has 0 unspecified atom stereocenters. The maximum atomic E-state index is 12.5. The van der Waals surface area contributed by atoms with Crippen molar-refractivity contribution in [3.8, 4) is 0 Å². The number of aromatic amines is 1. The lowest BCUT2D eigenvalue weighted by Crippen LogP contribution is -2.13. The summed E-state index contributed by atoms with van der Waals surface area (Å²) in [6.45, 7) is 0. The number of rotatable bonds is 2. The Labute approximate surface area is 147 Å². The highest BCUT2D eigenvalue weighted by atomic mass is 35.5. The SMILES string of the molecule is O=c1[nH]c(Cc2ccc(Cl)cc2Cl)nc2sc3c(c12)CCCC3. The average Bonchev–Trinajstić information content (AvgIpc) is 2.88. The van der Waals surface area contributed by atoms with Crippen molar-refractivity contribution in [3.63, 3.8) is 0 Å². The molecule has 1 aliphatic rings. The zero-order chi connectivity index (χ0) is 16.0. The highest BCUT2D eigenvalue weighted by Gasteiger charge is 2.19. The summed E-state index contributed by atoms with van der Waals surface area (Å²) in [4.78, 5) is 22.3. The van der Waals surface area contributed by atoms with E-state index in [1.54, 1.807) is 23.5 Å². The zero-order valence-corrected chi connectivity index (χ0v) is 14.6. The van der Waals surface area contributed by atoms with Gasteiger partial charge in [0.05, 0.1) is 5.39 Å². The summed E-state index contributed by atoms with van der Waals surface area (Å²) in [5, 5.41) is 1.97. The number of nitrogens with zero attached hydrogens (tertiary/aromatic N) is 1. The van der Waals surface area contributed by atoms with Gasteiger partial charge in [0.15, 0.2) is 0 Å². The Kier molecular flexibility index (Phi) is 3.92. The molecule has 1 aromatic carbocycles. The van der Waals surface area contributed by atoms with E-state index in [4.69, 9.17) is 23.2 Å². The fourth-order valence-electron chi connectivity index (χ4n) is 3.14. The van der Waals surface area contributed by atoms with Gasteiger partial charge >= 0.3 is 0 Å². The molecule has 0 radical (unpaired) electrons. The number of aryl methyl sites for hydroxylation is 2. The predicted octanol–water partition coefficient (Wildman–Crippen LogP) is 4.76. The largest absolute Gasteiger partial charge is 0.310 e. The topological polar surface area (TPSA) is 45.8 Å². The second-order valence-electron chi connectivity index (χ2n) is 5.82. The highest BCUT2D eigenvalue weighted by molar-refractivity contribution is 7.18. The third-order valence-corrected chi connectivity index (χ3v) is 6.02. The third kappa shape index (κ3) is 2.80. The lowest BCUT2D eigenvalue weighted by atomic mass is 9.97. The van der Waals surface area contributed by atoms with E-state index in [0.29, 0.717) is 22.3 Å². The second kappa shape index (κ2) is 5.93. The Hall–Kier alpha value is -1.36. The van der Waals surface area contributed by atoms with Crippen LogP contribution in [0.2, 0.25) is 10.0 Å². The molecular formula is C17H14Cl2N2OS. The number of thiophene rings is 1. The number of H-pyrrole nitrogens is 1. The molecule has 0 saturated heterocycles. The average molecular weight is 365 g/mol. The Morgan fingerprint density at radius 3 is 2.87 bits per heavy atom. The first kappa shape index (κ1) is 15.2. The van der Waals surface area contributed by atoms with Crippen LogP contribution in [0.4, 0.5) is 0 Å². The van der Waals surface area contributed by atoms with E-state index in [-0.39, 0.29) is 5.56 Å². The van der Waals surface area contributed by atoms with E-state index >= 15 is 0 Å². The number of hydrogen-bond acceptors (Lipinski definition) is 3. The molecule has 0 aliphatic heterocycles. The molecule has 2 aromatic heterocycles. The lowest BCUT2D eigenvalue weighted by molar-refractivity contribution is 0.700. The van der Waals surface area contributed by atoms with E-state index in [1.807, 2.05) is 6.07 Å². The molecule has 2 heterocycles. The summed E-state index contributed by atoms with van der Waals surface area (Å²) >= 11 is 13.8. The van der Waals surface area contributed by atoms with E-state index in [0.717, 1.165) is 35.0 Å².